The smallest absolute Gasteiger partial charge is 0.276 e. The fourth-order valence-electron chi connectivity index (χ4n) is 3.74. The number of amides is 2. The minimum absolute atomic E-state index is 0.117. The number of ether oxygens (including phenoxy) is 1. The summed E-state index contributed by atoms with van der Waals surface area (Å²) in [5.74, 6) is 1.39. The number of hydrogen-bond acceptors (Lipinski definition) is 4. The molecule has 0 bridgehead atoms. The third-order valence-electron chi connectivity index (χ3n) is 5.14. The van der Waals surface area contributed by atoms with E-state index in [4.69, 9.17) is 4.74 Å². The first kappa shape index (κ1) is 18.9. The molecule has 7 heteroatoms. The Labute approximate surface area is 159 Å². The molecule has 1 saturated heterocycles. The highest BCUT2D eigenvalue weighted by atomic mass is 16.5. The van der Waals surface area contributed by atoms with Crippen LogP contribution in [0.15, 0.2) is 24.3 Å². The number of aryl methyl sites for hydroxylation is 1. The van der Waals surface area contributed by atoms with Gasteiger partial charge < -0.3 is 19.5 Å². The fraction of sp³-hybridized carbons (Fsp3) is 0.450. The van der Waals surface area contributed by atoms with Crippen molar-refractivity contribution in [3.63, 3.8) is 0 Å². The predicted molar refractivity (Wildman–Crippen MR) is 103 cm³/mol. The van der Waals surface area contributed by atoms with Crippen LogP contribution in [0.4, 0.5) is 5.69 Å². The number of hydrogen-bond donors (Lipinski definition) is 1. The lowest BCUT2D eigenvalue weighted by molar-refractivity contribution is -0.130. The molecular formula is C20H26N4O3. The normalized spacial score (nSPS) is 14.9. The van der Waals surface area contributed by atoms with E-state index in [2.05, 4.69) is 14.9 Å². The van der Waals surface area contributed by atoms with E-state index in [1.807, 2.05) is 36.9 Å². The molecule has 1 fully saturated rings. The molecule has 0 atom stereocenters. The van der Waals surface area contributed by atoms with Crippen LogP contribution in [0.2, 0.25) is 0 Å². The summed E-state index contributed by atoms with van der Waals surface area (Å²) in [6.07, 6.45) is 1.74. The molecule has 2 aromatic rings. The Balaban J connectivity index is 1.77. The van der Waals surface area contributed by atoms with Crippen LogP contribution in [-0.2, 0) is 4.79 Å². The van der Waals surface area contributed by atoms with E-state index >= 15 is 0 Å². The van der Waals surface area contributed by atoms with Gasteiger partial charge in [0.1, 0.15) is 17.3 Å². The van der Waals surface area contributed by atoms with E-state index in [1.54, 1.807) is 20.1 Å². The SMILES string of the molecule is COc1cccc(NC(=O)c2nc(C)n(C3CCN(C(C)=O)CC3)c2C)c1. The zero-order valence-corrected chi connectivity index (χ0v) is 16.3. The van der Waals surface area contributed by atoms with Crippen molar-refractivity contribution in [2.45, 2.75) is 39.7 Å². The van der Waals surface area contributed by atoms with Crippen LogP contribution >= 0.6 is 0 Å². The molecule has 7 nitrogen and oxygen atoms in total. The Morgan fingerprint density at radius 1 is 1.22 bits per heavy atom. The monoisotopic (exact) mass is 370 g/mol. The van der Waals surface area contributed by atoms with Crippen molar-refractivity contribution in [2.75, 3.05) is 25.5 Å². The van der Waals surface area contributed by atoms with Gasteiger partial charge in [0, 0.05) is 43.5 Å². The van der Waals surface area contributed by atoms with Gasteiger partial charge >= 0.3 is 0 Å². The number of rotatable bonds is 4. The van der Waals surface area contributed by atoms with Gasteiger partial charge in [-0.2, -0.15) is 0 Å². The second kappa shape index (κ2) is 7.82. The Morgan fingerprint density at radius 3 is 2.56 bits per heavy atom. The van der Waals surface area contributed by atoms with Crippen LogP contribution in [0.5, 0.6) is 5.75 Å². The molecule has 1 N–H and O–H groups in total. The van der Waals surface area contributed by atoms with E-state index in [1.165, 1.54) is 0 Å². The predicted octanol–water partition coefficient (Wildman–Crippen LogP) is 2.94. The topological polar surface area (TPSA) is 76.5 Å². The maximum Gasteiger partial charge on any atom is 0.276 e. The maximum atomic E-state index is 12.7. The third kappa shape index (κ3) is 3.97. The minimum Gasteiger partial charge on any atom is -0.497 e. The van der Waals surface area contributed by atoms with E-state index < -0.39 is 0 Å². The van der Waals surface area contributed by atoms with Crippen molar-refractivity contribution < 1.29 is 14.3 Å². The van der Waals surface area contributed by atoms with Gasteiger partial charge in [0.05, 0.1) is 7.11 Å². The van der Waals surface area contributed by atoms with Crippen molar-refractivity contribution in [1.82, 2.24) is 14.5 Å². The van der Waals surface area contributed by atoms with Gasteiger partial charge in [-0.05, 0) is 38.8 Å². The Morgan fingerprint density at radius 2 is 1.93 bits per heavy atom. The molecule has 3 rings (SSSR count). The van der Waals surface area contributed by atoms with Crippen LogP contribution in [0.3, 0.4) is 0 Å². The van der Waals surface area contributed by atoms with Gasteiger partial charge in [0.15, 0.2) is 0 Å². The summed E-state index contributed by atoms with van der Waals surface area (Å²) in [7, 11) is 1.59. The molecule has 0 aliphatic carbocycles. The highest BCUT2D eigenvalue weighted by Crippen LogP contribution is 2.27. The second-order valence-corrected chi connectivity index (χ2v) is 6.89. The summed E-state index contributed by atoms with van der Waals surface area (Å²) in [6, 6.07) is 7.50. The number of nitrogens with one attached hydrogen (secondary N) is 1. The van der Waals surface area contributed by atoms with E-state index in [0.29, 0.717) is 17.1 Å². The standard InChI is InChI=1S/C20H26N4O3/c1-13-19(20(26)22-16-6-5-7-18(12-16)27-4)21-14(2)24(13)17-8-10-23(11-9-17)15(3)25/h5-7,12,17H,8-11H2,1-4H3,(H,22,26). The van der Waals surface area contributed by atoms with E-state index in [9.17, 15) is 9.59 Å². The summed E-state index contributed by atoms with van der Waals surface area (Å²) < 4.78 is 7.33. The molecule has 144 valence electrons. The van der Waals surface area contributed by atoms with Crippen LogP contribution in [-0.4, -0.2) is 46.5 Å². The Kier molecular flexibility index (Phi) is 5.48. The average molecular weight is 370 g/mol. The molecule has 27 heavy (non-hydrogen) atoms. The minimum atomic E-state index is -0.233. The summed E-state index contributed by atoms with van der Waals surface area (Å²) in [4.78, 5) is 30.7. The van der Waals surface area contributed by atoms with Gasteiger partial charge in [-0.15, -0.1) is 0 Å². The van der Waals surface area contributed by atoms with Crippen molar-refractivity contribution in [1.29, 1.82) is 0 Å². The van der Waals surface area contributed by atoms with E-state index in [-0.39, 0.29) is 17.9 Å². The highest BCUT2D eigenvalue weighted by Gasteiger charge is 2.27. The lowest BCUT2D eigenvalue weighted by atomic mass is 10.0. The largest absolute Gasteiger partial charge is 0.497 e. The highest BCUT2D eigenvalue weighted by molar-refractivity contribution is 6.03. The zero-order chi connectivity index (χ0) is 19.6. The van der Waals surface area contributed by atoms with Gasteiger partial charge in [-0.3, -0.25) is 9.59 Å². The number of carbonyl (C=O) groups excluding carboxylic acids is 2. The molecule has 0 unspecified atom stereocenters. The lowest BCUT2D eigenvalue weighted by Gasteiger charge is -2.33. The van der Waals surface area contributed by atoms with Gasteiger partial charge in [0.25, 0.3) is 5.91 Å². The Bertz CT molecular complexity index is 851. The molecule has 0 spiro atoms. The van der Waals surface area contributed by atoms with Crippen molar-refractivity contribution >= 4 is 17.5 Å². The lowest BCUT2D eigenvalue weighted by Crippen LogP contribution is -2.38. The van der Waals surface area contributed by atoms with Crippen LogP contribution in [0.25, 0.3) is 0 Å². The maximum absolute atomic E-state index is 12.7. The summed E-state index contributed by atoms with van der Waals surface area (Å²) in [5.41, 5.74) is 1.96. The molecule has 2 amide bonds. The molecular weight excluding hydrogens is 344 g/mol. The van der Waals surface area contributed by atoms with Crippen LogP contribution in [0.1, 0.15) is 47.8 Å². The number of piperidine rings is 1. The fourth-order valence-corrected chi connectivity index (χ4v) is 3.74. The number of carbonyl (C=O) groups is 2. The number of methoxy groups -OCH3 is 1. The first-order valence-corrected chi connectivity index (χ1v) is 9.17. The average Bonchev–Trinajstić information content (AvgIpc) is 2.96. The number of likely N-dealkylation sites (tertiary alicyclic amines) is 1. The van der Waals surface area contributed by atoms with E-state index in [0.717, 1.165) is 37.4 Å². The number of nitrogens with zero attached hydrogens (tertiary/aromatic N) is 3. The van der Waals surface area contributed by atoms with Gasteiger partial charge in [-0.25, -0.2) is 4.98 Å². The third-order valence-corrected chi connectivity index (χ3v) is 5.14. The second-order valence-electron chi connectivity index (χ2n) is 6.89. The summed E-state index contributed by atoms with van der Waals surface area (Å²) >= 11 is 0. The zero-order valence-electron chi connectivity index (χ0n) is 16.3. The first-order chi connectivity index (χ1) is 12.9. The number of anilines is 1. The summed E-state index contributed by atoms with van der Waals surface area (Å²) in [6.45, 7) is 6.93. The number of benzene rings is 1. The number of imidazole rings is 1. The number of aromatic nitrogens is 2. The molecule has 0 radical (unpaired) electrons. The summed E-state index contributed by atoms with van der Waals surface area (Å²) in [5, 5.41) is 2.89. The van der Waals surface area contributed by atoms with Gasteiger partial charge in [-0.1, -0.05) is 6.07 Å². The molecule has 0 saturated carbocycles. The first-order valence-electron chi connectivity index (χ1n) is 9.17. The molecule has 1 aromatic heterocycles. The van der Waals surface area contributed by atoms with Crippen molar-refractivity contribution in [3.05, 3.63) is 41.5 Å². The molecule has 1 aliphatic rings. The Hall–Kier alpha value is -2.83. The molecule has 1 aliphatic heterocycles. The van der Waals surface area contributed by atoms with Crippen LogP contribution in [0, 0.1) is 13.8 Å². The van der Waals surface area contributed by atoms with Crippen molar-refractivity contribution in [3.8, 4) is 5.75 Å². The van der Waals surface area contributed by atoms with Crippen molar-refractivity contribution in [2.24, 2.45) is 0 Å². The molecule has 1 aromatic carbocycles. The van der Waals surface area contributed by atoms with Gasteiger partial charge in [0.2, 0.25) is 5.91 Å². The quantitative estimate of drug-likeness (QED) is 0.898. The van der Waals surface area contributed by atoms with Crippen LogP contribution < -0.4 is 10.1 Å². The molecule has 2 heterocycles.